The molecule has 0 spiro atoms. The second-order valence-corrected chi connectivity index (χ2v) is 5.12. The average molecular weight is 244 g/mol. The highest BCUT2D eigenvalue weighted by Gasteiger charge is 2.21. The molecule has 0 saturated carbocycles. The predicted octanol–water partition coefficient (Wildman–Crippen LogP) is 2.77. The number of nitrogens with zero attached hydrogens (tertiary/aromatic N) is 1. The van der Waals surface area contributed by atoms with E-state index < -0.39 is 11.6 Å². The first-order chi connectivity index (χ1) is 8.37. The number of rotatable bonds is 1. The molecule has 0 aliphatic heterocycles. The van der Waals surface area contributed by atoms with Crippen LogP contribution >= 0.6 is 0 Å². The Balaban J connectivity index is 2.45. The minimum atomic E-state index is -0.559. The van der Waals surface area contributed by atoms with Crippen molar-refractivity contribution in [2.45, 2.75) is 26.4 Å². The van der Waals surface area contributed by atoms with Crippen molar-refractivity contribution < 1.29 is 9.53 Å². The fourth-order valence-corrected chi connectivity index (χ4v) is 1.62. The molecule has 94 valence electrons. The number of hydrogen-bond donors (Lipinski definition) is 1. The fourth-order valence-electron chi connectivity index (χ4n) is 1.62. The summed E-state index contributed by atoms with van der Waals surface area (Å²) in [6.07, 6.45) is 0. The van der Waals surface area contributed by atoms with Crippen molar-refractivity contribution in [3.05, 3.63) is 36.0 Å². The first-order valence-corrected chi connectivity index (χ1v) is 5.75. The Hall–Kier alpha value is -2.10. The van der Waals surface area contributed by atoms with Crippen LogP contribution in [0.5, 0.6) is 0 Å². The summed E-state index contributed by atoms with van der Waals surface area (Å²) >= 11 is 0. The Morgan fingerprint density at radius 1 is 1.28 bits per heavy atom. The first-order valence-electron chi connectivity index (χ1n) is 5.75. The molecule has 0 aliphatic carbocycles. The van der Waals surface area contributed by atoms with Crippen LogP contribution in [0.4, 0.5) is 5.69 Å². The lowest BCUT2D eigenvalue weighted by Gasteiger charge is -2.19. The monoisotopic (exact) mass is 244 g/mol. The van der Waals surface area contributed by atoms with Gasteiger partial charge in [0.05, 0.1) is 11.2 Å². The smallest absolute Gasteiger partial charge is 0.359 e. The molecule has 0 amide bonds. The van der Waals surface area contributed by atoms with Gasteiger partial charge in [-0.3, -0.25) is 0 Å². The summed E-state index contributed by atoms with van der Waals surface area (Å²) in [5, 5.41) is 0.905. The molecule has 2 aromatic rings. The van der Waals surface area contributed by atoms with E-state index in [-0.39, 0.29) is 5.69 Å². The molecule has 2 N–H and O–H groups in total. The van der Waals surface area contributed by atoms with Crippen molar-refractivity contribution in [1.29, 1.82) is 0 Å². The third kappa shape index (κ3) is 2.59. The molecular formula is C14H16N2O2. The van der Waals surface area contributed by atoms with Crippen molar-refractivity contribution >= 4 is 22.6 Å². The fraction of sp³-hybridized carbons (Fsp3) is 0.286. The van der Waals surface area contributed by atoms with Crippen LogP contribution in [-0.2, 0) is 4.74 Å². The molecule has 0 saturated heterocycles. The van der Waals surface area contributed by atoms with Crippen molar-refractivity contribution in [1.82, 2.24) is 4.98 Å². The summed E-state index contributed by atoms with van der Waals surface area (Å²) in [5.41, 5.74) is 6.52. The molecule has 4 heteroatoms. The van der Waals surface area contributed by atoms with Gasteiger partial charge in [0.1, 0.15) is 5.60 Å². The van der Waals surface area contributed by atoms with E-state index in [4.69, 9.17) is 10.5 Å². The molecule has 1 aromatic carbocycles. The molecule has 0 radical (unpaired) electrons. The van der Waals surface area contributed by atoms with Crippen LogP contribution in [0.15, 0.2) is 30.3 Å². The first kappa shape index (κ1) is 12.4. The number of esters is 1. The number of pyridine rings is 1. The highest BCUT2D eigenvalue weighted by atomic mass is 16.6. The molecule has 0 bridgehead atoms. The van der Waals surface area contributed by atoms with Gasteiger partial charge in [-0.05, 0) is 32.9 Å². The largest absolute Gasteiger partial charge is 0.455 e. The molecule has 1 heterocycles. The van der Waals surface area contributed by atoms with Gasteiger partial charge in [-0.2, -0.15) is 0 Å². The molecule has 1 aromatic heterocycles. The van der Waals surface area contributed by atoms with Gasteiger partial charge in [-0.15, -0.1) is 0 Å². The van der Waals surface area contributed by atoms with Gasteiger partial charge in [0.2, 0.25) is 0 Å². The topological polar surface area (TPSA) is 65.2 Å². The van der Waals surface area contributed by atoms with E-state index in [1.165, 1.54) is 0 Å². The SMILES string of the molecule is CC(C)(C)OC(=O)c1nc2ccccc2cc1N. The van der Waals surface area contributed by atoms with Gasteiger partial charge in [0, 0.05) is 5.39 Å². The van der Waals surface area contributed by atoms with Crippen molar-refractivity contribution in [2.24, 2.45) is 0 Å². The van der Waals surface area contributed by atoms with Gasteiger partial charge in [0.25, 0.3) is 0 Å². The van der Waals surface area contributed by atoms with Crippen LogP contribution in [0.2, 0.25) is 0 Å². The minimum Gasteiger partial charge on any atom is -0.455 e. The quantitative estimate of drug-likeness (QED) is 0.783. The molecule has 4 nitrogen and oxygen atoms in total. The Kier molecular flexibility index (Phi) is 2.95. The number of anilines is 1. The van der Waals surface area contributed by atoms with Gasteiger partial charge in [-0.1, -0.05) is 18.2 Å². The third-order valence-electron chi connectivity index (χ3n) is 2.35. The van der Waals surface area contributed by atoms with E-state index in [0.717, 1.165) is 10.9 Å². The lowest BCUT2D eigenvalue weighted by atomic mass is 10.1. The molecule has 0 unspecified atom stereocenters. The zero-order chi connectivity index (χ0) is 13.3. The van der Waals surface area contributed by atoms with Gasteiger partial charge >= 0.3 is 5.97 Å². The molecule has 2 rings (SSSR count). The van der Waals surface area contributed by atoms with Crippen molar-refractivity contribution in [3.8, 4) is 0 Å². The van der Waals surface area contributed by atoms with Crippen LogP contribution in [-0.4, -0.2) is 16.6 Å². The summed E-state index contributed by atoms with van der Waals surface area (Å²) in [7, 11) is 0. The van der Waals surface area contributed by atoms with Gasteiger partial charge < -0.3 is 10.5 Å². The maximum Gasteiger partial charge on any atom is 0.359 e. The number of hydrogen-bond acceptors (Lipinski definition) is 4. The van der Waals surface area contributed by atoms with Crippen LogP contribution in [0, 0.1) is 0 Å². The van der Waals surface area contributed by atoms with E-state index in [1.54, 1.807) is 6.07 Å². The summed E-state index contributed by atoms with van der Waals surface area (Å²) in [6.45, 7) is 5.42. The van der Waals surface area contributed by atoms with E-state index in [9.17, 15) is 4.79 Å². The minimum absolute atomic E-state index is 0.170. The highest BCUT2D eigenvalue weighted by molar-refractivity contribution is 5.97. The van der Waals surface area contributed by atoms with Crippen molar-refractivity contribution in [2.75, 3.05) is 5.73 Å². The number of aromatic nitrogens is 1. The van der Waals surface area contributed by atoms with Gasteiger partial charge in [0.15, 0.2) is 5.69 Å². The molecular weight excluding hydrogens is 228 g/mol. The third-order valence-corrected chi connectivity index (χ3v) is 2.35. The standard InChI is InChI=1S/C14H16N2O2/c1-14(2,3)18-13(17)12-10(15)8-9-6-4-5-7-11(9)16-12/h4-8H,15H2,1-3H3. The Labute approximate surface area is 106 Å². The summed E-state index contributed by atoms with van der Waals surface area (Å²) in [5.74, 6) is -0.495. The highest BCUT2D eigenvalue weighted by Crippen LogP contribution is 2.20. The number of nitrogen functional groups attached to an aromatic ring is 1. The zero-order valence-electron chi connectivity index (χ0n) is 10.7. The predicted molar refractivity (Wildman–Crippen MR) is 71.3 cm³/mol. The normalized spacial score (nSPS) is 11.5. The molecule has 0 fully saturated rings. The Bertz CT molecular complexity index is 600. The summed E-state index contributed by atoms with van der Waals surface area (Å²) in [4.78, 5) is 16.2. The maximum atomic E-state index is 12.0. The van der Waals surface area contributed by atoms with E-state index in [0.29, 0.717) is 5.69 Å². The van der Waals surface area contributed by atoms with Crippen LogP contribution in [0.1, 0.15) is 31.3 Å². The van der Waals surface area contributed by atoms with Crippen LogP contribution in [0.25, 0.3) is 10.9 Å². The second-order valence-electron chi connectivity index (χ2n) is 5.12. The zero-order valence-corrected chi connectivity index (χ0v) is 10.7. The van der Waals surface area contributed by atoms with Crippen molar-refractivity contribution in [3.63, 3.8) is 0 Å². The second kappa shape index (κ2) is 4.29. The Morgan fingerprint density at radius 3 is 2.61 bits per heavy atom. The van der Waals surface area contributed by atoms with E-state index in [2.05, 4.69) is 4.98 Å². The Morgan fingerprint density at radius 2 is 1.94 bits per heavy atom. The van der Waals surface area contributed by atoms with Crippen LogP contribution in [0.3, 0.4) is 0 Å². The lowest BCUT2D eigenvalue weighted by Crippen LogP contribution is -2.25. The molecule has 0 aliphatic rings. The number of benzene rings is 1. The maximum absolute atomic E-state index is 12.0. The number of nitrogens with two attached hydrogens (primary N) is 1. The van der Waals surface area contributed by atoms with Crippen LogP contribution < -0.4 is 5.73 Å². The summed E-state index contributed by atoms with van der Waals surface area (Å²) in [6, 6.07) is 9.24. The molecule has 0 atom stereocenters. The molecule has 18 heavy (non-hydrogen) atoms. The van der Waals surface area contributed by atoms with E-state index >= 15 is 0 Å². The summed E-state index contributed by atoms with van der Waals surface area (Å²) < 4.78 is 5.27. The number of carbonyl (C=O) groups excluding carboxylic acids is 1. The average Bonchev–Trinajstić information content (AvgIpc) is 2.25. The number of carbonyl (C=O) groups is 1. The van der Waals surface area contributed by atoms with E-state index in [1.807, 2.05) is 45.0 Å². The number of ether oxygens (including phenoxy) is 1. The number of fused-ring (bicyclic) bond motifs is 1. The lowest BCUT2D eigenvalue weighted by molar-refractivity contribution is 0.00647. The van der Waals surface area contributed by atoms with Gasteiger partial charge in [-0.25, -0.2) is 9.78 Å². The number of para-hydroxylation sites is 1.